The van der Waals surface area contributed by atoms with Crippen molar-refractivity contribution in [1.82, 2.24) is 10.3 Å². The average molecular weight is 351 g/mol. The van der Waals surface area contributed by atoms with E-state index in [2.05, 4.69) is 15.5 Å². The first kappa shape index (κ1) is 16.3. The van der Waals surface area contributed by atoms with E-state index in [-0.39, 0.29) is 17.8 Å². The Kier molecular flexibility index (Phi) is 4.39. The van der Waals surface area contributed by atoms with Crippen LogP contribution in [0.1, 0.15) is 22.3 Å². The lowest BCUT2D eigenvalue weighted by Gasteiger charge is -2.10. The molecule has 0 fully saturated rings. The smallest absolute Gasteiger partial charge is 0.251 e. The van der Waals surface area contributed by atoms with Crippen LogP contribution in [0.15, 0.2) is 59.9 Å². The summed E-state index contributed by atoms with van der Waals surface area (Å²) in [5, 5.41) is 8.04. The van der Waals surface area contributed by atoms with E-state index in [4.69, 9.17) is 4.84 Å². The molecule has 2 N–H and O–H groups in total. The van der Waals surface area contributed by atoms with Crippen LogP contribution in [0, 0.1) is 5.82 Å². The summed E-state index contributed by atoms with van der Waals surface area (Å²) in [6.45, 7) is 0.387. The van der Waals surface area contributed by atoms with Crippen LogP contribution in [0.3, 0.4) is 0 Å². The van der Waals surface area contributed by atoms with Crippen LogP contribution in [-0.4, -0.2) is 29.3 Å². The van der Waals surface area contributed by atoms with Crippen molar-refractivity contribution in [2.75, 3.05) is 6.54 Å². The molecular formula is C20H18FN3O2. The number of amides is 1. The van der Waals surface area contributed by atoms with Gasteiger partial charge in [-0.15, -0.1) is 0 Å². The van der Waals surface area contributed by atoms with Gasteiger partial charge in [-0.25, -0.2) is 4.39 Å². The number of aromatic amines is 1. The fourth-order valence-corrected chi connectivity index (χ4v) is 3.04. The molecule has 0 radical (unpaired) electrons. The topological polar surface area (TPSA) is 66.5 Å². The maximum atomic E-state index is 12.9. The number of hydrogen-bond acceptors (Lipinski definition) is 3. The molecule has 1 aliphatic heterocycles. The Balaban J connectivity index is 1.29. The van der Waals surface area contributed by atoms with Gasteiger partial charge in [0.05, 0.1) is 12.3 Å². The molecule has 0 saturated heterocycles. The van der Waals surface area contributed by atoms with Gasteiger partial charge in [-0.05, 0) is 41.3 Å². The highest BCUT2D eigenvalue weighted by molar-refractivity contribution is 5.98. The second-order valence-electron chi connectivity index (χ2n) is 6.38. The van der Waals surface area contributed by atoms with Gasteiger partial charge < -0.3 is 15.1 Å². The van der Waals surface area contributed by atoms with Crippen molar-refractivity contribution in [3.63, 3.8) is 0 Å². The minimum atomic E-state index is -0.253. The number of benzene rings is 2. The van der Waals surface area contributed by atoms with Crippen molar-refractivity contribution in [3.05, 3.63) is 71.7 Å². The van der Waals surface area contributed by atoms with E-state index in [0.29, 0.717) is 24.9 Å². The Labute approximate surface area is 149 Å². The molecule has 4 rings (SSSR count). The van der Waals surface area contributed by atoms with E-state index in [1.54, 1.807) is 18.2 Å². The van der Waals surface area contributed by atoms with Crippen LogP contribution < -0.4 is 5.32 Å². The number of aromatic nitrogens is 1. The number of halogens is 1. The van der Waals surface area contributed by atoms with Crippen LogP contribution in [0.2, 0.25) is 0 Å². The first-order chi connectivity index (χ1) is 12.7. The normalized spacial score (nSPS) is 16.3. The van der Waals surface area contributed by atoms with Gasteiger partial charge in [-0.1, -0.05) is 23.4 Å². The molecule has 132 valence electrons. The molecule has 1 atom stereocenters. The van der Waals surface area contributed by atoms with Crippen LogP contribution in [-0.2, 0) is 11.3 Å². The van der Waals surface area contributed by atoms with Crippen LogP contribution >= 0.6 is 0 Å². The van der Waals surface area contributed by atoms with Crippen molar-refractivity contribution in [2.45, 2.75) is 18.9 Å². The first-order valence-corrected chi connectivity index (χ1v) is 8.49. The van der Waals surface area contributed by atoms with E-state index < -0.39 is 0 Å². The zero-order chi connectivity index (χ0) is 17.9. The lowest BCUT2D eigenvalue weighted by atomic mass is 10.0. The molecule has 26 heavy (non-hydrogen) atoms. The molecular weight excluding hydrogens is 333 g/mol. The summed E-state index contributed by atoms with van der Waals surface area (Å²) >= 11 is 0. The number of nitrogens with zero attached hydrogens (tertiary/aromatic N) is 1. The van der Waals surface area contributed by atoms with Gasteiger partial charge in [0.25, 0.3) is 5.91 Å². The quantitative estimate of drug-likeness (QED) is 0.740. The molecule has 1 aromatic heterocycles. The Bertz CT molecular complexity index is 963. The lowest BCUT2D eigenvalue weighted by molar-refractivity contribution is 0.0753. The molecule has 0 unspecified atom stereocenters. The molecule has 0 bridgehead atoms. The molecule has 3 aromatic rings. The molecule has 6 heteroatoms. The van der Waals surface area contributed by atoms with Crippen molar-refractivity contribution in [3.8, 4) is 0 Å². The number of nitrogens with one attached hydrogen (secondary N) is 2. The first-order valence-electron chi connectivity index (χ1n) is 8.49. The van der Waals surface area contributed by atoms with Crippen molar-refractivity contribution >= 4 is 22.5 Å². The van der Waals surface area contributed by atoms with E-state index in [1.807, 2.05) is 24.4 Å². The van der Waals surface area contributed by atoms with E-state index in [1.165, 1.54) is 12.1 Å². The number of carbonyl (C=O) groups is 1. The summed E-state index contributed by atoms with van der Waals surface area (Å²) in [5.41, 5.74) is 3.41. The standard InChI is InChI=1S/C20H18FN3O2/c21-16-5-1-13(2-6-16)9-17-11-18(26-24-17)12-23-20(25)15-4-3-14-7-8-22-19(14)10-15/h1-8,10,18,22H,9,11-12H2,(H,23,25)/t18-/m1/s1. The third-order valence-corrected chi connectivity index (χ3v) is 4.42. The molecule has 1 aliphatic rings. The summed E-state index contributed by atoms with van der Waals surface area (Å²) in [4.78, 5) is 20.8. The van der Waals surface area contributed by atoms with E-state index in [0.717, 1.165) is 22.2 Å². The average Bonchev–Trinajstić information content (AvgIpc) is 3.30. The fourth-order valence-electron chi connectivity index (χ4n) is 3.04. The zero-order valence-electron chi connectivity index (χ0n) is 14.0. The SMILES string of the molecule is O=C(NC[C@H]1CC(Cc2ccc(F)cc2)=NO1)c1ccc2cc[nH]c2c1. The van der Waals surface area contributed by atoms with Gasteiger partial charge in [0.1, 0.15) is 11.9 Å². The number of rotatable bonds is 5. The van der Waals surface area contributed by atoms with Crippen molar-refractivity contribution < 1.29 is 14.0 Å². The predicted molar refractivity (Wildman–Crippen MR) is 97.7 cm³/mol. The molecule has 2 aromatic carbocycles. The van der Waals surface area contributed by atoms with Gasteiger partial charge in [-0.2, -0.15) is 0 Å². The highest BCUT2D eigenvalue weighted by Crippen LogP contribution is 2.16. The lowest BCUT2D eigenvalue weighted by Crippen LogP contribution is -2.32. The largest absolute Gasteiger partial charge is 0.390 e. The highest BCUT2D eigenvalue weighted by Gasteiger charge is 2.22. The van der Waals surface area contributed by atoms with Crippen LogP contribution in [0.25, 0.3) is 10.9 Å². The van der Waals surface area contributed by atoms with E-state index in [9.17, 15) is 9.18 Å². The number of fused-ring (bicyclic) bond motifs is 1. The van der Waals surface area contributed by atoms with Crippen molar-refractivity contribution in [1.29, 1.82) is 0 Å². The fraction of sp³-hybridized carbons (Fsp3) is 0.200. The summed E-state index contributed by atoms with van der Waals surface area (Å²) < 4.78 is 12.9. The summed E-state index contributed by atoms with van der Waals surface area (Å²) in [6.07, 6.45) is 2.93. The number of hydrogen-bond donors (Lipinski definition) is 2. The van der Waals surface area contributed by atoms with Gasteiger partial charge in [-0.3, -0.25) is 4.79 Å². The highest BCUT2D eigenvalue weighted by atomic mass is 19.1. The predicted octanol–water partition coefficient (Wildman–Crippen LogP) is 3.42. The molecule has 2 heterocycles. The third-order valence-electron chi connectivity index (χ3n) is 4.42. The summed E-state index contributed by atoms with van der Waals surface area (Å²) in [5.74, 6) is -0.395. The second-order valence-corrected chi connectivity index (χ2v) is 6.38. The summed E-state index contributed by atoms with van der Waals surface area (Å²) in [6, 6.07) is 13.9. The van der Waals surface area contributed by atoms with Gasteiger partial charge in [0, 0.05) is 30.1 Å². The molecule has 0 saturated carbocycles. The van der Waals surface area contributed by atoms with Gasteiger partial charge in [0.2, 0.25) is 0 Å². The molecule has 0 spiro atoms. The van der Waals surface area contributed by atoms with E-state index >= 15 is 0 Å². The number of oxime groups is 1. The Hall–Kier alpha value is -3.15. The summed E-state index contributed by atoms with van der Waals surface area (Å²) in [7, 11) is 0. The van der Waals surface area contributed by atoms with Gasteiger partial charge in [0.15, 0.2) is 0 Å². The van der Waals surface area contributed by atoms with Gasteiger partial charge >= 0.3 is 0 Å². The Morgan fingerprint density at radius 3 is 2.92 bits per heavy atom. The minimum absolute atomic E-state index is 0.142. The number of carbonyl (C=O) groups excluding carboxylic acids is 1. The Morgan fingerprint density at radius 1 is 1.23 bits per heavy atom. The molecule has 1 amide bonds. The third kappa shape index (κ3) is 3.59. The van der Waals surface area contributed by atoms with Crippen molar-refractivity contribution in [2.24, 2.45) is 5.16 Å². The number of H-pyrrole nitrogens is 1. The maximum Gasteiger partial charge on any atom is 0.251 e. The van der Waals surface area contributed by atoms with Crippen LogP contribution in [0.5, 0.6) is 0 Å². The second kappa shape index (κ2) is 7.00. The Morgan fingerprint density at radius 2 is 2.08 bits per heavy atom. The maximum absolute atomic E-state index is 12.9. The van der Waals surface area contributed by atoms with Crippen LogP contribution in [0.4, 0.5) is 4.39 Å². The monoisotopic (exact) mass is 351 g/mol. The minimum Gasteiger partial charge on any atom is -0.390 e. The molecule has 5 nitrogen and oxygen atoms in total. The molecule has 0 aliphatic carbocycles. The zero-order valence-corrected chi connectivity index (χ0v) is 14.0.